The second kappa shape index (κ2) is 6.59. The van der Waals surface area contributed by atoms with Crippen molar-refractivity contribution in [1.29, 1.82) is 0 Å². The Kier molecular flexibility index (Phi) is 5.59. The number of sulfonamides is 1. The van der Waals surface area contributed by atoms with Crippen LogP contribution in [-0.4, -0.2) is 25.0 Å². The van der Waals surface area contributed by atoms with Crippen molar-refractivity contribution in [1.82, 2.24) is 4.31 Å². The van der Waals surface area contributed by atoms with Gasteiger partial charge >= 0.3 is 0 Å². The van der Waals surface area contributed by atoms with Crippen molar-refractivity contribution < 1.29 is 8.42 Å². The first-order valence-corrected chi connectivity index (χ1v) is 8.57. The van der Waals surface area contributed by atoms with Gasteiger partial charge in [-0.05, 0) is 29.5 Å². The summed E-state index contributed by atoms with van der Waals surface area (Å²) in [5.74, 6) is 0.187. The number of rotatable bonds is 6. The summed E-state index contributed by atoms with van der Waals surface area (Å²) in [4.78, 5) is 0. The van der Waals surface area contributed by atoms with Crippen LogP contribution < -0.4 is 5.73 Å². The zero-order valence-corrected chi connectivity index (χ0v) is 13.7. The molecule has 1 rings (SSSR count). The molecule has 0 unspecified atom stereocenters. The summed E-state index contributed by atoms with van der Waals surface area (Å²) in [6, 6.07) is 7.37. The van der Waals surface area contributed by atoms with Gasteiger partial charge in [-0.15, -0.1) is 0 Å². The lowest BCUT2D eigenvalue weighted by molar-refractivity contribution is 0.380. The molecule has 5 heteroatoms. The average Bonchev–Trinajstić information content (AvgIpc) is 2.33. The Morgan fingerprint density at radius 2 is 1.90 bits per heavy atom. The molecule has 114 valence electrons. The third-order valence-corrected chi connectivity index (χ3v) is 5.06. The van der Waals surface area contributed by atoms with Gasteiger partial charge in [0.1, 0.15) is 0 Å². The molecule has 0 aliphatic rings. The first-order chi connectivity index (χ1) is 9.14. The van der Waals surface area contributed by atoms with E-state index in [2.05, 4.69) is 20.8 Å². The zero-order valence-electron chi connectivity index (χ0n) is 12.9. The number of anilines is 1. The van der Waals surface area contributed by atoms with E-state index in [1.54, 1.807) is 6.07 Å². The van der Waals surface area contributed by atoms with Crippen LogP contribution in [0.15, 0.2) is 24.3 Å². The van der Waals surface area contributed by atoms with Gasteiger partial charge in [0.15, 0.2) is 0 Å². The third-order valence-electron chi connectivity index (χ3n) is 3.17. The van der Waals surface area contributed by atoms with Crippen molar-refractivity contribution in [2.75, 3.05) is 18.0 Å². The van der Waals surface area contributed by atoms with Gasteiger partial charge in [0.05, 0.1) is 5.75 Å². The van der Waals surface area contributed by atoms with Crippen LogP contribution >= 0.6 is 0 Å². The van der Waals surface area contributed by atoms with Crippen molar-refractivity contribution in [2.45, 2.75) is 40.7 Å². The van der Waals surface area contributed by atoms with Gasteiger partial charge in [0.2, 0.25) is 10.0 Å². The van der Waals surface area contributed by atoms with Crippen LogP contribution in [-0.2, 0) is 16.6 Å². The van der Waals surface area contributed by atoms with E-state index in [1.807, 2.05) is 25.1 Å². The van der Waals surface area contributed by atoms with E-state index in [4.69, 9.17) is 5.73 Å². The minimum Gasteiger partial charge on any atom is -0.399 e. The first-order valence-electron chi connectivity index (χ1n) is 6.96. The standard InChI is InChI=1S/C15H26N2O2S/c1-5-17(12-13-7-6-8-14(16)11-13)20(18,19)10-9-15(2,3)4/h6-8,11H,5,9-10,12,16H2,1-4H3. The molecule has 0 heterocycles. The molecule has 2 N–H and O–H groups in total. The molecule has 1 aromatic carbocycles. The molecule has 4 nitrogen and oxygen atoms in total. The molecule has 0 radical (unpaired) electrons. The lowest BCUT2D eigenvalue weighted by Crippen LogP contribution is -2.33. The Bertz CT molecular complexity index is 533. The molecule has 0 fully saturated rings. The van der Waals surface area contributed by atoms with E-state index >= 15 is 0 Å². The Hall–Kier alpha value is -1.07. The van der Waals surface area contributed by atoms with E-state index in [0.29, 0.717) is 25.2 Å². The van der Waals surface area contributed by atoms with E-state index in [9.17, 15) is 8.42 Å². The fraction of sp³-hybridized carbons (Fsp3) is 0.600. The molecule has 0 aliphatic carbocycles. The molecule has 0 bridgehead atoms. The molecule has 0 aliphatic heterocycles. The summed E-state index contributed by atoms with van der Waals surface area (Å²) in [7, 11) is -3.22. The van der Waals surface area contributed by atoms with E-state index in [0.717, 1.165) is 5.56 Å². The van der Waals surface area contributed by atoms with Crippen LogP contribution in [0.5, 0.6) is 0 Å². The second-order valence-corrected chi connectivity index (χ2v) is 8.39. The topological polar surface area (TPSA) is 63.4 Å². The Morgan fingerprint density at radius 1 is 1.25 bits per heavy atom. The smallest absolute Gasteiger partial charge is 0.214 e. The van der Waals surface area contributed by atoms with Crippen molar-refractivity contribution >= 4 is 15.7 Å². The zero-order chi connectivity index (χ0) is 15.4. The predicted molar refractivity (Wildman–Crippen MR) is 84.8 cm³/mol. The summed E-state index contributed by atoms with van der Waals surface area (Å²) < 4.78 is 26.3. The Balaban J connectivity index is 2.79. The SMILES string of the molecule is CCN(Cc1cccc(N)c1)S(=O)(=O)CCC(C)(C)C. The number of hydrogen-bond acceptors (Lipinski definition) is 3. The minimum absolute atomic E-state index is 0.0175. The average molecular weight is 298 g/mol. The number of benzene rings is 1. The van der Waals surface area contributed by atoms with Crippen molar-refractivity contribution in [2.24, 2.45) is 5.41 Å². The van der Waals surface area contributed by atoms with Gasteiger partial charge in [-0.25, -0.2) is 8.42 Å². The van der Waals surface area contributed by atoms with E-state index in [1.165, 1.54) is 4.31 Å². The highest BCUT2D eigenvalue weighted by Crippen LogP contribution is 2.21. The van der Waals surface area contributed by atoms with Gasteiger partial charge in [-0.3, -0.25) is 0 Å². The number of nitrogen functional groups attached to an aromatic ring is 1. The number of nitrogens with zero attached hydrogens (tertiary/aromatic N) is 1. The largest absolute Gasteiger partial charge is 0.399 e. The van der Waals surface area contributed by atoms with Crippen LogP contribution in [0.3, 0.4) is 0 Å². The molecule has 0 aromatic heterocycles. The summed E-state index contributed by atoms with van der Waals surface area (Å²) >= 11 is 0. The summed E-state index contributed by atoms with van der Waals surface area (Å²) in [6.45, 7) is 8.88. The lowest BCUT2D eigenvalue weighted by atomic mass is 9.94. The van der Waals surface area contributed by atoms with Gasteiger partial charge in [0.25, 0.3) is 0 Å². The van der Waals surface area contributed by atoms with Crippen molar-refractivity contribution in [3.63, 3.8) is 0 Å². The van der Waals surface area contributed by atoms with Gasteiger partial charge < -0.3 is 5.73 Å². The van der Waals surface area contributed by atoms with Crippen LogP contribution in [0.25, 0.3) is 0 Å². The second-order valence-electron chi connectivity index (χ2n) is 6.30. The highest BCUT2D eigenvalue weighted by Gasteiger charge is 2.23. The highest BCUT2D eigenvalue weighted by atomic mass is 32.2. The van der Waals surface area contributed by atoms with Crippen LogP contribution in [0.2, 0.25) is 0 Å². The predicted octanol–water partition coefficient (Wildman–Crippen LogP) is 2.86. The van der Waals surface area contributed by atoms with Gasteiger partial charge in [-0.2, -0.15) is 4.31 Å². The monoisotopic (exact) mass is 298 g/mol. The molecule has 0 saturated heterocycles. The molecule has 0 saturated carbocycles. The molecule has 20 heavy (non-hydrogen) atoms. The van der Waals surface area contributed by atoms with Gasteiger partial charge in [-0.1, -0.05) is 39.8 Å². The Labute approximate surface area is 123 Å². The molecule has 0 amide bonds. The summed E-state index contributed by atoms with van der Waals surface area (Å²) in [5, 5.41) is 0. The fourth-order valence-electron chi connectivity index (χ4n) is 1.87. The molecule has 0 spiro atoms. The van der Waals surface area contributed by atoms with E-state index < -0.39 is 10.0 Å². The highest BCUT2D eigenvalue weighted by molar-refractivity contribution is 7.89. The normalized spacial score (nSPS) is 12.8. The van der Waals surface area contributed by atoms with Crippen LogP contribution in [0.1, 0.15) is 39.7 Å². The van der Waals surface area contributed by atoms with Crippen LogP contribution in [0.4, 0.5) is 5.69 Å². The van der Waals surface area contributed by atoms with Crippen molar-refractivity contribution in [3.8, 4) is 0 Å². The van der Waals surface area contributed by atoms with E-state index in [-0.39, 0.29) is 11.2 Å². The molecular formula is C15H26N2O2S. The van der Waals surface area contributed by atoms with Crippen LogP contribution in [0, 0.1) is 5.41 Å². The minimum atomic E-state index is -3.22. The number of nitrogens with two attached hydrogens (primary N) is 1. The third kappa shape index (κ3) is 5.51. The lowest BCUT2D eigenvalue weighted by Gasteiger charge is -2.24. The molecule has 1 aromatic rings. The molecular weight excluding hydrogens is 272 g/mol. The van der Waals surface area contributed by atoms with Crippen molar-refractivity contribution in [3.05, 3.63) is 29.8 Å². The fourth-order valence-corrected chi connectivity index (χ4v) is 3.73. The first kappa shape index (κ1) is 17.0. The quantitative estimate of drug-likeness (QED) is 0.821. The summed E-state index contributed by atoms with van der Waals surface area (Å²) in [5.41, 5.74) is 7.33. The maximum Gasteiger partial charge on any atom is 0.214 e. The molecule has 0 atom stereocenters. The maximum absolute atomic E-state index is 12.4. The summed E-state index contributed by atoms with van der Waals surface area (Å²) in [6.07, 6.45) is 0.656. The Morgan fingerprint density at radius 3 is 2.40 bits per heavy atom. The maximum atomic E-state index is 12.4. The number of hydrogen-bond donors (Lipinski definition) is 1. The van der Waals surface area contributed by atoms with Gasteiger partial charge in [0, 0.05) is 18.8 Å².